The fourth-order valence-electron chi connectivity index (χ4n) is 1.87. The van der Waals surface area contributed by atoms with Crippen LogP contribution in [0.15, 0.2) is 18.2 Å². The molecule has 1 rings (SSSR count). The molecule has 0 spiro atoms. The standard InChI is InChI=1S/C17H23ClFNO3/c1-11(10-20-16(22)23-17(2,3)4)5-8-15(21)12-6-7-14(19)13(18)9-12/h6-7,9,11H,5,8,10H2,1-4H3,(H,20,22). The molecule has 0 saturated carbocycles. The highest BCUT2D eigenvalue weighted by Gasteiger charge is 2.17. The zero-order valence-corrected chi connectivity index (χ0v) is 14.7. The Labute approximate surface area is 141 Å². The lowest BCUT2D eigenvalue weighted by molar-refractivity contribution is 0.0520. The molecule has 1 aromatic rings. The predicted molar refractivity (Wildman–Crippen MR) is 88.4 cm³/mol. The number of amides is 1. The van der Waals surface area contributed by atoms with Gasteiger partial charge in [-0.25, -0.2) is 9.18 Å². The van der Waals surface area contributed by atoms with E-state index in [4.69, 9.17) is 16.3 Å². The van der Waals surface area contributed by atoms with E-state index in [9.17, 15) is 14.0 Å². The van der Waals surface area contributed by atoms with Crippen LogP contribution in [-0.2, 0) is 4.74 Å². The summed E-state index contributed by atoms with van der Waals surface area (Å²) in [7, 11) is 0. The Morgan fingerprint density at radius 3 is 2.57 bits per heavy atom. The summed E-state index contributed by atoms with van der Waals surface area (Å²) in [5.41, 5.74) is -0.144. The maximum Gasteiger partial charge on any atom is 0.407 e. The number of ether oxygens (including phenoxy) is 1. The zero-order valence-electron chi connectivity index (χ0n) is 13.9. The summed E-state index contributed by atoms with van der Waals surface area (Å²) < 4.78 is 18.2. The van der Waals surface area contributed by atoms with E-state index in [1.54, 1.807) is 20.8 Å². The first-order valence-electron chi connectivity index (χ1n) is 7.53. The molecule has 0 aromatic heterocycles. The Morgan fingerprint density at radius 2 is 2.00 bits per heavy atom. The molecule has 0 aliphatic rings. The highest BCUT2D eigenvalue weighted by molar-refractivity contribution is 6.31. The molecule has 1 unspecified atom stereocenters. The highest BCUT2D eigenvalue weighted by Crippen LogP contribution is 2.18. The van der Waals surface area contributed by atoms with Crippen LogP contribution < -0.4 is 5.32 Å². The van der Waals surface area contributed by atoms with E-state index in [1.807, 2.05) is 6.92 Å². The molecular formula is C17H23ClFNO3. The highest BCUT2D eigenvalue weighted by atomic mass is 35.5. The van der Waals surface area contributed by atoms with Crippen molar-refractivity contribution in [2.45, 2.75) is 46.1 Å². The second kappa shape index (κ2) is 8.29. The third kappa shape index (κ3) is 7.46. The summed E-state index contributed by atoms with van der Waals surface area (Å²) in [6, 6.07) is 3.94. The van der Waals surface area contributed by atoms with E-state index in [0.717, 1.165) is 0 Å². The molecule has 0 aliphatic carbocycles. The number of hydrogen-bond donors (Lipinski definition) is 1. The third-order valence-corrected chi connectivity index (χ3v) is 3.39. The minimum atomic E-state index is -0.543. The Kier molecular flexibility index (Phi) is 7.01. The first kappa shape index (κ1) is 19.4. The Bertz CT molecular complexity index is 569. The van der Waals surface area contributed by atoms with E-state index >= 15 is 0 Å². The minimum absolute atomic E-state index is 0.0597. The summed E-state index contributed by atoms with van der Waals surface area (Å²) in [6.07, 6.45) is 0.434. The first-order valence-corrected chi connectivity index (χ1v) is 7.91. The van der Waals surface area contributed by atoms with Gasteiger partial charge in [0.15, 0.2) is 5.78 Å². The van der Waals surface area contributed by atoms with E-state index in [0.29, 0.717) is 24.9 Å². The lowest BCUT2D eigenvalue weighted by Gasteiger charge is -2.20. The van der Waals surface area contributed by atoms with Crippen molar-refractivity contribution in [3.05, 3.63) is 34.6 Å². The number of ketones is 1. The molecule has 0 saturated heterocycles. The van der Waals surface area contributed by atoms with Crippen LogP contribution in [0.25, 0.3) is 0 Å². The monoisotopic (exact) mass is 343 g/mol. The van der Waals surface area contributed by atoms with Crippen molar-refractivity contribution >= 4 is 23.5 Å². The van der Waals surface area contributed by atoms with E-state index < -0.39 is 17.5 Å². The normalized spacial score (nSPS) is 12.6. The number of carbonyl (C=O) groups excluding carboxylic acids is 2. The van der Waals surface area contributed by atoms with Crippen LogP contribution in [0.5, 0.6) is 0 Å². The van der Waals surface area contributed by atoms with Crippen LogP contribution in [0.1, 0.15) is 50.9 Å². The number of hydrogen-bond acceptors (Lipinski definition) is 3. The molecule has 6 heteroatoms. The number of benzene rings is 1. The molecule has 4 nitrogen and oxygen atoms in total. The molecule has 1 N–H and O–H groups in total. The average Bonchev–Trinajstić information content (AvgIpc) is 2.43. The Hall–Kier alpha value is -1.62. The number of rotatable bonds is 6. The molecule has 0 radical (unpaired) electrons. The van der Waals surface area contributed by atoms with Crippen molar-refractivity contribution in [2.75, 3.05) is 6.54 Å². The van der Waals surface area contributed by atoms with Crippen LogP contribution in [0.4, 0.5) is 9.18 Å². The summed E-state index contributed by atoms with van der Waals surface area (Å²) in [6.45, 7) is 7.74. The Balaban J connectivity index is 2.38. The summed E-state index contributed by atoms with van der Waals surface area (Å²) >= 11 is 5.67. The molecule has 0 heterocycles. The maximum absolute atomic E-state index is 13.1. The van der Waals surface area contributed by atoms with Gasteiger partial charge in [-0.05, 0) is 51.3 Å². The van der Waals surface area contributed by atoms with Crippen molar-refractivity contribution in [2.24, 2.45) is 5.92 Å². The predicted octanol–water partition coefficient (Wildman–Crippen LogP) is 4.60. The number of carbonyl (C=O) groups is 2. The van der Waals surface area contributed by atoms with Crippen molar-refractivity contribution in [3.8, 4) is 0 Å². The summed E-state index contributed by atoms with van der Waals surface area (Å²) in [5.74, 6) is -0.531. The molecule has 1 aromatic carbocycles. The lowest BCUT2D eigenvalue weighted by atomic mass is 10.00. The molecule has 0 fully saturated rings. The van der Waals surface area contributed by atoms with Crippen molar-refractivity contribution in [3.63, 3.8) is 0 Å². The third-order valence-electron chi connectivity index (χ3n) is 3.10. The number of Topliss-reactive ketones (excluding diaryl/α,β-unsaturated/α-hetero) is 1. The van der Waals surface area contributed by atoms with E-state index in [-0.39, 0.29) is 16.7 Å². The quantitative estimate of drug-likeness (QED) is 0.768. The number of nitrogens with one attached hydrogen (secondary N) is 1. The van der Waals surface area contributed by atoms with Gasteiger partial charge in [0.05, 0.1) is 5.02 Å². The topological polar surface area (TPSA) is 55.4 Å². The molecule has 128 valence electrons. The van der Waals surface area contributed by atoms with E-state index in [2.05, 4.69) is 5.32 Å². The van der Waals surface area contributed by atoms with Gasteiger partial charge in [0.1, 0.15) is 11.4 Å². The minimum Gasteiger partial charge on any atom is -0.444 e. The van der Waals surface area contributed by atoms with Crippen LogP contribution in [0.3, 0.4) is 0 Å². The molecule has 0 aliphatic heterocycles. The lowest BCUT2D eigenvalue weighted by Crippen LogP contribution is -2.34. The second-order valence-electron chi connectivity index (χ2n) is 6.58. The fraction of sp³-hybridized carbons (Fsp3) is 0.529. The van der Waals surface area contributed by atoms with Gasteiger partial charge in [0.2, 0.25) is 0 Å². The van der Waals surface area contributed by atoms with Gasteiger partial charge in [0, 0.05) is 18.5 Å². The van der Waals surface area contributed by atoms with Crippen LogP contribution in [-0.4, -0.2) is 24.0 Å². The fourth-order valence-corrected chi connectivity index (χ4v) is 2.05. The molecule has 23 heavy (non-hydrogen) atoms. The SMILES string of the molecule is CC(CCC(=O)c1ccc(F)c(Cl)c1)CNC(=O)OC(C)(C)C. The van der Waals surface area contributed by atoms with Gasteiger partial charge in [-0.1, -0.05) is 18.5 Å². The van der Waals surface area contributed by atoms with Crippen molar-refractivity contribution in [1.82, 2.24) is 5.32 Å². The van der Waals surface area contributed by atoms with Crippen molar-refractivity contribution in [1.29, 1.82) is 0 Å². The van der Waals surface area contributed by atoms with Crippen LogP contribution >= 0.6 is 11.6 Å². The number of alkyl carbamates (subject to hydrolysis) is 1. The average molecular weight is 344 g/mol. The van der Waals surface area contributed by atoms with Crippen LogP contribution in [0, 0.1) is 11.7 Å². The molecule has 0 bridgehead atoms. The maximum atomic E-state index is 13.1. The zero-order chi connectivity index (χ0) is 17.6. The van der Waals surface area contributed by atoms with Gasteiger partial charge in [-0.2, -0.15) is 0 Å². The number of halogens is 2. The summed E-state index contributed by atoms with van der Waals surface area (Å²) in [4.78, 5) is 23.6. The Morgan fingerprint density at radius 1 is 1.35 bits per heavy atom. The second-order valence-corrected chi connectivity index (χ2v) is 6.99. The molecular weight excluding hydrogens is 321 g/mol. The molecule has 1 amide bonds. The summed E-state index contributed by atoms with van der Waals surface area (Å²) in [5, 5.41) is 2.62. The van der Waals surface area contributed by atoms with E-state index in [1.165, 1.54) is 18.2 Å². The van der Waals surface area contributed by atoms with Crippen molar-refractivity contribution < 1.29 is 18.7 Å². The van der Waals surface area contributed by atoms with Gasteiger partial charge in [0.25, 0.3) is 0 Å². The van der Waals surface area contributed by atoms with Gasteiger partial charge < -0.3 is 10.1 Å². The smallest absolute Gasteiger partial charge is 0.407 e. The van der Waals surface area contributed by atoms with Crippen LogP contribution in [0.2, 0.25) is 5.02 Å². The van der Waals surface area contributed by atoms with Gasteiger partial charge in [-0.3, -0.25) is 4.79 Å². The first-order chi connectivity index (χ1) is 10.6. The van der Waals surface area contributed by atoms with Gasteiger partial charge >= 0.3 is 6.09 Å². The van der Waals surface area contributed by atoms with Gasteiger partial charge in [-0.15, -0.1) is 0 Å². The largest absolute Gasteiger partial charge is 0.444 e. The molecule has 1 atom stereocenters.